The summed E-state index contributed by atoms with van der Waals surface area (Å²) < 4.78 is 6.91. The molecule has 4 rings (SSSR count). The SMILES string of the molecule is COCc1cc(NCCN2c3ccccc3CC2C)n2ncnc2n1. The molecule has 1 aliphatic rings. The van der Waals surface area contributed by atoms with Gasteiger partial charge in [0.15, 0.2) is 0 Å². The Morgan fingerprint density at radius 1 is 1.32 bits per heavy atom. The Labute approximate surface area is 146 Å². The van der Waals surface area contributed by atoms with Gasteiger partial charge in [-0.1, -0.05) is 18.2 Å². The molecule has 1 unspecified atom stereocenters. The first-order chi connectivity index (χ1) is 12.3. The number of hydrogen-bond acceptors (Lipinski definition) is 6. The summed E-state index contributed by atoms with van der Waals surface area (Å²) in [6, 6.07) is 11.1. The lowest BCUT2D eigenvalue weighted by molar-refractivity contribution is 0.181. The average Bonchev–Trinajstić information content (AvgIpc) is 3.20. The van der Waals surface area contributed by atoms with E-state index in [1.807, 2.05) is 6.07 Å². The summed E-state index contributed by atoms with van der Waals surface area (Å²) in [6.45, 7) is 4.47. The van der Waals surface area contributed by atoms with E-state index < -0.39 is 0 Å². The Morgan fingerprint density at radius 3 is 3.08 bits per heavy atom. The third kappa shape index (κ3) is 3.02. The van der Waals surface area contributed by atoms with E-state index in [-0.39, 0.29) is 0 Å². The van der Waals surface area contributed by atoms with Gasteiger partial charge in [-0.05, 0) is 25.0 Å². The van der Waals surface area contributed by atoms with Crippen LogP contribution in [0.2, 0.25) is 0 Å². The van der Waals surface area contributed by atoms with Gasteiger partial charge in [-0.25, -0.2) is 4.98 Å². The normalized spacial score (nSPS) is 16.4. The topological polar surface area (TPSA) is 67.6 Å². The second-order valence-electron chi connectivity index (χ2n) is 6.34. The number of rotatable bonds is 6. The zero-order chi connectivity index (χ0) is 17.2. The molecular formula is C18H22N6O. The third-order valence-corrected chi connectivity index (χ3v) is 4.60. The number of hydrogen-bond donors (Lipinski definition) is 1. The summed E-state index contributed by atoms with van der Waals surface area (Å²) in [5, 5.41) is 7.72. The molecule has 7 heteroatoms. The van der Waals surface area contributed by atoms with Crippen LogP contribution in [0.3, 0.4) is 0 Å². The summed E-state index contributed by atoms with van der Waals surface area (Å²) in [6.07, 6.45) is 2.62. The first kappa shape index (κ1) is 15.8. The zero-order valence-electron chi connectivity index (χ0n) is 14.5. The molecule has 0 radical (unpaired) electrons. The molecule has 1 aliphatic heterocycles. The monoisotopic (exact) mass is 338 g/mol. The Bertz CT molecular complexity index is 877. The van der Waals surface area contributed by atoms with E-state index in [4.69, 9.17) is 4.74 Å². The molecule has 2 aromatic heterocycles. The molecule has 0 amide bonds. The van der Waals surface area contributed by atoms with Gasteiger partial charge < -0.3 is 15.0 Å². The van der Waals surface area contributed by atoms with Crippen LogP contribution in [0.25, 0.3) is 5.78 Å². The molecule has 0 bridgehead atoms. The fourth-order valence-corrected chi connectivity index (χ4v) is 3.48. The molecule has 3 aromatic rings. The Balaban J connectivity index is 1.49. The predicted molar refractivity (Wildman–Crippen MR) is 96.9 cm³/mol. The van der Waals surface area contributed by atoms with Gasteiger partial charge in [0.05, 0.1) is 12.3 Å². The predicted octanol–water partition coefficient (Wildman–Crippen LogP) is 2.13. The number of anilines is 2. The van der Waals surface area contributed by atoms with Crippen molar-refractivity contribution in [3.8, 4) is 0 Å². The smallest absolute Gasteiger partial charge is 0.254 e. The van der Waals surface area contributed by atoms with E-state index in [0.29, 0.717) is 18.4 Å². The van der Waals surface area contributed by atoms with Crippen molar-refractivity contribution in [3.05, 3.63) is 47.9 Å². The van der Waals surface area contributed by atoms with E-state index >= 15 is 0 Å². The number of aromatic nitrogens is 4. The number of fused-ring (bicyclic) bond motifs is 2. The van der Waals surface area contributed by atoms with Gasteiger partial charge in [0.25, 0.3) is 5.78 Å². The largest absolute Gasteiger partial charge is 0.378 e. The summed E-state index contributed by atoms with van der Waals surface area (Å²) in [7, 11) is 1.66. The molecule has 25 heavy (non-hydrogen) atoms. The molecule has 7 nitrogen and oxygen atoms in total. The van der Waals surface area contributed by atoms with Crippen molar-refractivity contribution < 1.29 is 4.74 Å². The van der Waals surface area contributed by atoms with Crippen LogP contribution in [0.1, 0.15) is 18.2 Å². The summed E-state index contributed by atoms with van der Waals surface area (Å²) in [4.78, 5) is 11.1. The van der Waals surface area contributed by atoms with E-state index in [0.717, 1.165) is 31.0 Å². The van der Waals surface area contributed by atoms with Crippen molar-refractivity contribution in [1.29, 1.82) is 0 Å². The van der Waals surface area contributed by atoms with Gasteiger partial charge in [0, 0.05) is 38.0 Å². The fourth-order valence-electron chi connectivity index (χ4n) is 3.48. The van der Waals surface area contributed by atoms with Gasteiger partial charge in [-0.15, -0.1) is 0 Å². The van der Waals surface area contributed by atoms with Crippen LogP contribution in [0.5, 0.6) is 0 Å². The molecule has 0 saturated carbocycles. The maximum Gasteiger partial charge on any atom is 0.254 e. The van der Waals surface area contributed by atoms with Crippen molar-refractivity contribution in [2.24, 2.45) is 0 Å². The fraction of sp³-hybridized carbons (Fsp3) is 0.389. The van der Waals surface area contributed by atoms with Gasteiger partial charge in [-0.2, -0.15) is 14.6 Å². The summed E-state index contributed by atoms with van der Waals surface area (Å²) in [5.74, 6) is 1.46. The Morgan fingerprint density at radius 2 is 2.20 bits per heavy atom. The lowest BCUT2D eigenvalue weighted by atomic mass is 10.1. The Kier molecular flexibility index (Phi) is 4.23. The number of ether oxygens (including phenoxy) is 1. The van der Waals surface area contributed by atoms with Gasteiger partial charge in [0.2, 0.25) is 0 Å². The standard InChI is InChI=1S/C18H22N6O/c1-13-9-14-5-3-4-6-16(14)23(13)8-7-19-17-10-15(11-25-2)22-18-20-12-21-24(17)18/h3-6,10,12-13,19H,7-9,11H2,1-2H3. The molecule has 0 saturated heterocycles. The van der Waals surface area contributed by atoms with Crippen LogP contribution in [0, 0.1) is 0 Å². The van der Waals surface area contributed by atoms with Gasteiger partial charge in [0.1, 0.15) is 12.1 Å². The number of nitrogens with zero attached hydrogens (tertiary/aromatic N) is 5. The van der Waals surface area contributed by atoms with Crippen molar-refractivity contribution in [3.63, 3.8) is 0 Å². The molecule has 0 spiro atoms. The highest BCUT2D eigenvalue weighted by Gasteiger charge is 2.24. The summed E-state index contributed by atoms with van der Waals surface area (Å²) >= 11 is 0. The lowest BCUT2D eigenvalue weighted by Gasteiger charge is -2.25. The molecule has 130 valence electrons. The number of nitrogens with one attached hydrogen (secondary N) is 1. The van der Waals surface area contributed by atoms with E-state index in [1.165, 1.54) is 17.6 Å². The highest BCUT2D eigenvalue weighted by Crippen LogP contribution is 2.31. The van der Waals surface area contributed by atoms with Crippen LogP contribution in [0.4, 0.5) is 11.5 Å². The van der Waals surface area contributed by atoms with E-state index in [2.05, 4.69) is 56.5 Å². The quantitative estimate of drug-likeness (QED) is 0.743. The highest BCUT2D eigenvalue weighted by molar-refractivity contribution is 5.59. The van der Waals surface area contributed by atoms with Gasteiger partial charge in [-0.3, -0.25) is 0 Å². The Hall–Kier alpha value is -2.67. The molecule has 0 aliphatic carbocycles. The molecule has 3 heterocycles. The van der Waals surface area contributed by atoms with E-state index in [9.17, 15) is 0 Å². The lowest BCUT2D eigenvalue weighted by Crippen LogP contribution is -2.34. The minimum absolute atomic E-state index is 0.453. The van der Waals surface area contributed by atoms with Crippen LogP contribution in [-0.4, -0.2) is 45.8 Å². The van der Waals surface area contributed by atoms with Crippen LogP contribution in [0.15, 0.2) is 36.7 Å². The van der Waals surface area contributed by atoms with Crippen molar-refractivity contribution in [2.45, 2.75) is 26.0 Å². The number of methoxy groups -OCH3 is 1. The summed E-state index contributed by atoms with van der Waals surface area (Å²) in [5.41, 5.74) is 3.61. The molecule has 1 aromatic carbocycles. The third-order valence-electron chi connectivity index (χ3n) is 4.60. The van der Waals surface area contributed by atoms with Crippen molar-refractivity contribution >= 4 is 17.3 Å². The molecule has 0 fully saturated rings. The first-order valence-corrected chi connectivity index (χ1v) is 8.53. The zero-order valence-corrected chi connectivity index (χ0v) is 14.5. The minimum Gasteiger partial charge on any atom is -0.378 e. The average molecular weight is 338 g/mol. The van der Waals surface area contributed by atoms with Gasteiger partial charge >= 0.3 is 0 Å². The van der Waals surface area contributed by atoms with Crippen LogP contribution in [-0.2, 0) is 17.8 Å². The van der Waals surface area contributed by atoms with Crippen molar-refractivity contribution in [2.75, 3.05) is 30.4 Å². The second kappa shape index (κ2) is 6.68. The second-order valence-corrected chi connectivity index (χ2v) is 6.34. The van der Waals surface area contributed by atoms with Crippen LogP contribution >= 0.6 is 0 Å². The number of benzene rings is 1. The first-order valence-electron chi connectivity index (χ1n) is 8.53. The van der Waals surface area contributed by atoms with Crippen molar-refractivity contribution in [1.82, 2.24) is 19.6 Å². The molecule has 1 N–H and O–H groups in total. The van der Waals surface area contributed by atoms with Crippen LogP contribution < -0.4 is 10.2 Å². The van der Waals surface area contributed by atoms with E-state index in [1.54, 1.807) is 11.6 Å². The number of para-hydroxylation sites is 1. The maximum atomic E-state index is 5.19. The minimum atomic E-state index is 0.453. The highest BCUT2D eigenvalue weighted by atomic mass is 16.5. The molecule has 1 atom stereocenters. The molecular weight excluding hydrogens is 316 g/mol. The maximum absolute atomic E-state index is 5.19.